The molecule has 102 valence electrons. The lowest BCUT2D eigenvalue weighted by Gasteiger charge is -2.24. The van der Waals surface area contributed by atoms with Gasteiger partial charge in [0.1, 0.15) is 4.47 Å². The molecule has 0 saturated carbocycles. The van der Waals surface area contributed by atoms with Crippen LogP contribution in [0.1, 0.15) is 16.8 Å². The summed E-state index contributed by atoms with van der Waals surface area (Å²) in [5.41, 5.74) is 0.258. The van der Waals surface area contributed by atoms with Crippen LogP contribution in [-0.2, 0) is 0 Å². The molecule has 0 N–H and O–H groups in total. The topological polar surface area (TPSA) is 63.5 Å². The third-order valence-electron chi connectivity index (χ3n) is 3.18. The van der Waals surface area contributed by atoms with Crippen LogP contribution in [0.5, 0.6) is 0 Å². The number of carbonyl (C=O) groups excluding carboxylic acids is 1. The summed E-state index contributed by atoms with van der Waals surface area (Å²) in [6.07, 6.45) is 0.972. The van der Waals surface area contributed by atoms with Crippen LogP contribution in [0.25, 0.3) is 0 Å². The smallest absolute Gasteiger partial charge is 0.284 e. The molecule has 1 fully saturated rings. The Morgan fingerprint density at radius 3 is 2.89 bits per heavy atom. The molecule has 2 rings (SSSR count). The fourth-order valence-electron chi connectivity index (χ4n) is 2.01. The van der Waals surface area contributed by atoms with Crippen LogP contribution in [-0.4, -0.2) is 40.3 Å². The molecule has 1 atom stereocenters. The zero-order chi connectivity index (χ0) is 14.0. The van der Waals surface area contributed by atoms with Crippen molar-refractivity contribution in [3.8, 4) is 0 Å². The van der Waals surface area contributed by atoms with Gasteiger partial charge in [0, 0.05) is 24.9 Å². The minimum absolute atomic E-state index is 0.0833. The average molecular weight is 345 g/mol. The summed E-state index contributed by atoms with van der Waals surface area (Å²) in [5, 5.41) is 10.9. The van der Waals surface area contributed by atoms with Gasteiger partial charge >= 0.3 is 0 Å². The first-order valence-electron chi connectivity index (χ1n) is 5.80. The molecule has 0 aliphatic carbocycles. The van der Waals surface area contributed by atoms with Gasteiger partial charge in [0.15, 0.2) is 0 Å². The van der Waals surface area contributed by atoms with Gasteiger partial charge in [-0.05, 0) is 34.2 Å². The quantitative estimate of drug-likeness (QED) is 0.624. The van der Waals surface area contributed by atoms with Gasteiger partial charge in [-0.1, -0.05) is 6.07 Å². The number of carbonyl (C=O) groups is 1. The van der Waals surface area contributed by atoms with E-state index in [-0.39, 0.29) is 22.1 Å². The van der Waals surface area contributed by atoms with E-state index in [4.69, 9.17) is 0 Å². The van der Waals surface area contributed by atoms with E-state index in [0.29, 0.717) is 5.56 Å². The number of halogens is 1. The molecule has 1 aromatic carbocycles. The van der Waals surface area contributed by atoms with Crippen molar-refractivity contribution < 1.29 is 9.72 Å². The average Bonchev–Trinajstić information content (AvgIpc) is 2.90. The first-order valence-corrected chi connectivity index (χ1v) is 7.75. The predicted molar refractivity (Wildman–Crippen MR) is 78.6 cm³/mol. The number of rotatable bonds is 3. The fraction of sp³-hybridized carbons (Fsp3) is 0.417. The van der Waals surface area contributed by atoms with Gasteiger partial charge < -0.3 is 4.90 Å². The zero-order valence-electron chi connectivity index (χ0n) is 10.3. The molecule has 7 heteroatoms. The van der Waals surface area contributed by atoms with Crippen molar-refractivity contribution in [3.63, 3.8) is 0 Å². The predicted octanol–water partition coefficient (Wildman–Crippen LogP) is 2.93. The van der Waals surface area contributed by atoms with Crippen LogP contribution >= 0.6 is 27.7 Å². The number of amides is 1. The normalized spacial score (nSPS) is 18.3. The number of nitro benzene ring substituents is 1. The molecule has 1 aromatic rings. The van der Waals surface area contributed by atoms with Gasteiger partial charge in [-0.25, -0.2) is 0 Å². The van der Waals surface area contributed by atoms with Crippen LogP contribution in [0, 0.1) is 10.1 Å². The monoisotopic (exact) mass is 344 g/mol. The van der Waals surface area contributed by atoms with E-state index in [1.54, 1.807) is 18.0 Å². The number of benzene rings is 1. The van der Waals surface area contributed by atoms with E-state index in [1.165, 1.54) is 12.1 Å². The Hall–Kier alpha value is -1.08. The summed E-state index contributed by atoms with van der Waals surface area (Å²) in [4.78, 5) is 24.5. The van der Waals surface area contributed by atoms with Crippen molar-refractivity contribution in [1.29, 1.82) is 0 Å². The molecular formula is C12H13BrN2O3S. The summed E-state index contributed by atoms with van der Waals surface area (Å²) in [6, 6.07) is 4.74. The highest BCUT2D eigenvalue weighted by Gasteiger charge is 2.27. The van der Waals surface area contributed by atoms with Crippen molar-refractivity contribution in [3.05, 3.63) is 38.3 Å². The number of hydrogen-bond donors (Lipinski definition) is 0. The Morgan fingerprint density at radius 2 is 2.32 bits per heavy atom. The van der Waals surface area contributed by atoms with Crippen molar-refractivity contribution in [1.82, 2.24) is 4.90 Å². The second kappa shape index (κ2) is 5.92. The Kier molecular flexibility index (Phi) is 4.46. The first kappa shape index (κ1) is 14.3. The maximum absolute atomic E-state index is 12.4. The molecule has 0 spiro atoms. The number of nitro groups is 1. The standard InChI is InChI=1S/C12H13BrN2O3S/c1-14(8-5-6-19-7-8)12(16)9-3-2-4-10(11(9)13)15(17)18/h2-4,8H,5-7H2,1H3. The highest BCUT2D eigenvalue weighted by molar-refractivity contribution is 9.10. The highest BCUT2D eigenvalue weighted by Crippen LogP contribution is 2.30. The van der Waals surface area contributed by atoms with Crippen molar-refractivity contribution >= 4 is 39.3 Å². The molecule has 1 unspecified atom stereocenters. The Labute approximate surface area is 123 Å². The summed E-state index contributed by atoms with van der Waals surface area (Å²) in [7, 11) is 1.75. The molecule has 0 radical (unpaired) electrons. The van der Waals surface area contributed by atoms with Gasteiger partial charge in [-0.3, -0.25) is 14.9 Å². The van der Waals surface area contributed by atoms with Gasteiger partial charge in [0.05, 0.1) is 10.5 Å². The minimum atomic E-state index is -0.494. The van der Waals surface area contributed by atoms with Crippen molar-refractivity contribution in [2.45, 2.75) is 12.5 Å². The number of hydrogen-bond acceptors (Lipinski definition) is 4. The van der Waals surface area contributed by atoms with Gasteiger partial charge in [0.2, 0.25) is 0 Å². The SMILES string of the molecule is CN(C(=O)c1cccc([N+](=O)[O-])c1Br)C1CCSC1. The Morgan fingerprint density at radius 1 is 1.58 bits per heavy atom. The van der Waals surface area contributed by atoms with E-state index in [2.05, 4.69) is 15.9 Å². The maximum Gasteiger partial charge on any atom is 0.284 e. The lowest BCUT2D eigenvalue weighted by molar-refractivity contribution is -0.385. The number of nitrogens with zero attached hydrogens (tertiary/aromatic N) is 2. The van der Waals surface area contributed by atoms with Crippen LogP contribution < -0.4 is 0 Å². The molecule has 1 heterocycles. The van der Waals surface area contributed by atoms with Crippen LogP contribution in [0.15, 0.2) is 22.7 Å². The van der Waals surface area contributed by atoms with Crippen LogP contribution in [0.2, 0.25) is 0 Å². The highest BCUT2D eigenvalue weighted by atomic mass is 79.9. The molecular weight excluding hydrogens is 332 g/mol. The van der Waals surface area contributed by atoms with Crippen molar-refractivity contribution in [2.75, 3.05) is 18.6 Å². The molecule has 1 aliphatic heterocycles. The summed E-state index contributed by atoms with van der Waals surface area (Å²) in [6.45, 7) is 0. The molecule has 1 saturated heterocycles. The van der Waals surface area contributed by atoms with Crippen LogP contribution in [0.3, 0.4) is 0 Å². The van der Waals surface area contributed by atoms with E-state index in [0.717, 1.165) is 17.9 Å². The summed E-state index contributed by atoms with van der Waals surface area (Å²) >= 11 is 4.99. The molecule has 19 heavy (non-hydrogen) atoms. The van der Waals surface area contributed by atoms with E-state index in [1.807, 2.05) is 11.8 Å². The minimum Gasteiger partial charge on any atom is -0.338 e. The van der Waals surface area contributed by atoms with Gasteiger partial charge in [-0.15, -0.1) is 0 Å². The van der Waals surface area contributed by atoms with E-state index < -0.39 is 4.92 Å². The number of thioether (sulfide) groups is 1. The lowest BCUT2D eigenvalue weighted by atomic mass is 10.1. The zero-order valence-corrected chi connectivity index (χ0v) is 12.7. The third-order valence-corrected chi connectivity index (χ3v) is 5.16. The molecule has 1 amide bonds. The molecule has 0 bridgehead atoms. The van der Waals surface area contributed by atoms with E-state index in [9.17, 15) is 14.9 Å². The van der Waals surface area contributed by atoms with Gasteiger partial charge in [0.25, 0.3) is 11.6 Å². The maximum atomic E-state index is 12.4. The second-order valence-electron chi connectivity index (χ2n) is 4.33. The molecule has 5 nitrogen and oxygen atoms in total. The molecule has 1 aliphatic rings. The first-order chi connectivity index (χ1) is 9.02. The molecule has 0 aromatic heterocycles. The van der Waals surface area contributed by atoms with Crippen molar-refractivity contribution in [2.24, 2.45) is 0 Å². The Bertz CT molecular complexity index is 518. The summed E-state index contributed by atoms with van der Waals surface area (Å²) in [5.74, 6) is 1.80. The Balaban J connectivity index is 2.28. The summed E-state index contributed by atoms with van der Waals surface area (Å²) < 4.78 is 0.252. The lowest BCUT2D eigenvalue weighted by Crippen LogP contribution is -2.37. The van der Waals surface area contributed by atoms with Gasteiger partial charge in [-0.2, -0.15) is 11.8 Å². The largest absolute Gasteiger partial charge is 0.338 e. The second-order valence-corrected chi connectivity index (χ2v) is 6.27. The third kappa shape index (κ3) is 2.92. The van der Waals surface area contributed by atoms with Crippen LogP contribution in [0.4, 0.5) is 5.69 Å². The fourth-order valence-corrected chi connectivity index (χ4v) is 3.86. The van der Waals surface area contributed by atoms with E-state index >= 15 is 0 Å².